The van der Waals surface area contributed by atoms with E-state index in [9.17, 15) is 18.0 Å². The Hall–Kier alpha value is -2.36. The minimum absolute atomic E-state index is 0.0616. The van der Waals surface area contributed by atoms with Gasteiger partial charge in [0.2, 0.25) is 15.9 Å². The number of esters is 1. The zero-order valence-corrected chi connectivity index (χ0v) is 17.9. The number of nitrogens with one attached hydrogen (secondary N) is 1. The first kappa shape index (κ1) is 21.4. The van der Waals surface area contributed by atoms with Gasteiger partial charge in [0.1, 0.15) is 16.6 Å². The molecule has 156 valence electrons. The lowest BCUT2D eigenvalue weighted by Gasteiger charge is -2.23. The minimum atomic E-state index is -3.97. The van der Waals surface area contributed by atoms with Crippen LogP contribution in [-0.2, 0) is 26.6 Å². The zero-order chi connectivity index (χ0) is 21.3. The molecule has 2 aromatic rings. The van der Waals surface area contributed by atoms with Crippen LogP contribution >= 0.6 is 11.6 Å². The molecular formula is C19H22ClN3O5S. The molecule has 0 saturated carbocycles. The molecule has 3 rings (SSSR count). The van der Waals surface area contributed by atoms with Crippen LogP contribution in [0.5, 0.6) is 0 Å². The van der Waals surface area contributed by atoms with Crippen molar-refractivity contribution in [1.82, 2.24) is 8.87 Å². The number of carbonyl (C=O) groups is 2. The van der Waals surface area contributed by atoms with Crippen LogP contribution in [0.25, 0.3) is 0 Å². The van der Waals surface area contributed by atoms with Gasteiger partial charge in [0.05, 0.1) is 17.8 Å². The number of carbonyl (C=O) groups excluding carboxylic acids is 2. The fourth-order valence-electron chi connectivity index (χ4n) is 3.35. The number of aryl methyl sites for hydroxylation is 2. The number of benzene rings is 1. The van der Waals surface area contributed by atoms with Crippen LogP contribution in [0.3, 0.4) is 0 Å². The van der Waals surface area contributed by atoms with E-state index in [2.05, 4.69) is 10.1 Å². The minimum Gasteiger partial charge on any atom is -0.464 e. The highest BCUT2D eigenvalue weighted by Crippen LogP contribution is 2.29. The molecule has 1 atom stereocenters. The second-order valence-electron chi connectivity index (χ2n) is 6.91. The maximum absolute atomic E-state index is 13.1. The zero-order valence-electron chi connectivity index (χ0n) is 16.3. The summed E-state index contributed by atoms with van der Waals surface area (Å²) in [6.07, 6.45) is 2.28. The van der Waals surface area contributed by atoms with Crippen molar-refractivity contribution in [3.8, 4) is 0 Å². The molecule has 0 aliphatic carbocycles. The average Bonchev–Trinajstić information content (AvgIpc) is 3.31. The lowest BCUT2D eigenvalue weighted by atomic mass is 10.2. The van der Waals surface area contributed by atoms with E-state index in [-0.39, 0.29) is 17.1 Å². The van der Waals surface area contributed by atoms with Crippen molar-refractivity contribution in [3.05, 3.63) is 46.7 Å². The van der Waals surface area contributed by atoms with Crippen LogP contribution in [-0.4, -0.2) is 48.9 Å². The number of aromatic nitrogens is 1. The Balaban J connectivity index is 1.85. The predicted octanol–water partition coefficient (Wildman–Crippen LogP) is 2.57. The van der Waals surface area contributed by atoms with E-state index in [1.165, 1.54) is 28.2 Å². The fourth-order valence-corrected chi connectivity index (χ4v) is 5.36. The Labute approximate surface area is 174 Å². The second-order valence-corrected chi connectivity index (χ2v) is 9.21. The van der Waals surface area contributed by atoms with Gasteiger partial charge in [-0.05, 0) is 43.5 Å². The Morgan fingerprint density at radius 2 is 2.00 bits per heavy atom. The molecule has 0 radical (unpaired) electrons. The third kappa shape index (κ3) is 4.17. The summed E-state index contributed by atoms with van der Waals surface area (Å²) in [5.41, 5.74) is 1.49. The van der Waals surface area contributed by atoms with Gasteiger partial charge in [-0.1, -0.05) is 17.7 Å². The fraction of sp³-hybridized carbons (Fsp3) is 0.368. The number of halogens is 1. The topological polar surface area (TPSA) is 97.7 Å². The molecule has 1 saturated heterocycles. The highest BCUT2D eigenvalue weighted by Gasteiger charge is 2.40. The van der Waals surface area contributed by atoms with Crippen molar-refractivity contribution >= 4 is 39.2 Å². The summed E-state index contributed by atoms with van der Waals surface area (Å²) in [5, 5.41) is 3.11. The molecule has 1 aliphatic rings. The smallest absolute Gasteiger partial charge is 0.354 e. The number of nitrogens with zero attached hydrogens (tertiary/aromatic N) is 2. The third-order valence-corrected chi connectivity index (χ3v) is 7.06. The molecular weight excluding hydrogens is 418 g/mol. The van der Waals surface area contributed by atoms with E-state index in [0.717, 1.165) is 5.56 Å². The van der Waals surface area contributed by atoms with Gasteiger partial charge in [0.15, 0.2) is 0 Å². The van der Waals surface area contributed by atoms with E-state index in [4.69, 9.17) is 11.6 Å². The number of anilines is 1. The molecule has 0 spiro atoms. The largest absolute Gasteiger partial charge is 0.464 e. The predicted molar refractivity (Wildman–Crippen MR) is 108 cm³/mol. The number of hydrogen-bond acceptors (Lipinski definition) is 5. The van der Waals surface area contributed by atoms with Gasteiger partial charge >= 0.3 is 5.97 Å². The number of sulfonamides is 1. The lowest BCUT2D eigenvalue weighted by molar-refractivity contribution is -0.119. The first-order valence-corrected chi connectivity index (χ1v) is 10.8. The van der Waals surface area contributed by atoms with Gasteiger partial charge in [-0.2, -0.15) is 4.31 Å². The summed E-state index contributed by atoms with van der Waals surface area (Å²) in [5.74, 6) is -1.08. The van der Waals surface area contributed by atoms with E-state index in [1.54, 1.807) is 19.2 Å². The van der Waals surface area contributed by atoms with Gasteiger partial charge in [0, 0.05) is 19.8 Å². The molecule has 8 nitrogen and oxygen atoms in total. The van der Waals surface area contributed by atoms with Crippen LogP contribution < -0.4 is 5.32 Å². The second kappa shape index (κ2) is 8.17. The molecule has 1 fully saturated rings. The van der Waals surface area contributed by atoms with E-state index >= 15 is 0 Å². The number of methoxy groups -OCH3 is 1. The quantitative estimate of drug-likeness (QED) is 0.722. The Kier molecular flexibility index (Phi) is 6.02. The van der Waals surface area contributed by atoms with Crippen LogP contribution in [0.1, 0.15) is 28.9 Å². The van der Waals surface area contributed by atoms with E-state index in [0.29, 0.717) is 23.6 Å². The highest BCUT2D eigenvalue weighted by atomic mass is 35.5. The van der Waals surface area contributed by atoms with E-state index < -0.39 is 27.9 Å². The van der Waals surface area contributed by atoms with Crippen molar-refractivity contribution in [2.24, 2.45) is 7.05 Å². The van der Waals surface area contributed by atoms with Crippen LogP contribution in [0.15, 0.2) is 35.4 Å². The van der Waals surface area contributed by atoms with Gasteiger partial charge < -0.3 is 14.6 Å². The van der Waals surface area contributed by atoms with E-state index in [1.807, 2.05) is 13.0 Å². The molecule has 0 unspecified atom stereocenters. The highest BCUT2D eigenvalue weighted by molar-refractivity contribution is 7.89. The summed E-state index contributed by atoms with van der Waals surface area (Å²) >= 11 is 6.17. The third-order valence-electron chi connectivity index (χ3n) is 4.87. The maximum Gasteiger partial charge on any atom is 0.354 e. The molecule has 1 N–H and O–H groups in total. The SMILES string of the molecule is COC(=O)c1cc(S(=O)(=O)N2CCC[C@@H]2C(=O)Nc2ccc(C)cc2Cl)cn1C. The maximum atomic E-state index is 13.1. The first-order chi connectivity index (χ1) is 13.6. The molecule has 0 bridgehead atoms. The van der Waals surface area contributed by atoms with Crippen LogP contribution in [0, 0.1) is 6.92 Å². The van der Waals surface area contributed by atoms with Crippen molar-refractivity contribution < 1.29 is 22.7 Å². The molecule has 10 heteroatoms. The van der Waals surface area contributed by atoms with Gasteiger partial charge in [0.25, 0.3) is 0 Å². The van der Waals surface area contributed by atoms with Crippen LogP contribution in [0.2, 0.25) is 5.02 Å². The van der Waals surface area contributed by atoms with Gasteiger partial charge in [-0.3, -0.25) is 4.79 Å². The summed E-state index contributed by atoms with van der Waals surface area (Å²) in [7, 11) is -1.20. The van der Waals surface area contributed by atoms with Crippen molar-refractivity contribution in [3.63, 3.8) is 0 Å². The summed E-state index contributed by atoms with van der Waals surface area (Å²) < 4.78 is 33.5. The lowest BCUT2D eigenvalue weighted by Crippen LogP contribution is -2.43. The standard InChI is InChI=1S/C19H22ClN3O5S/c1-12-6-7-15(14(20)9-12)21-18(24)16-5-4-8-23(16)29(26,27)13-10-17(19(25)28-3)22(2)11-13/h6-7,9-11,16H,4-5,8H2,1-3H3,(H,21,24)/t16-/m1/s1. The molecule has 1 aromatic heterocycles. The normalized spacial score (nSPS) is 17.3. The molecule has 29 heavy (non-hydrogen) atoms. The Morgan fingerprint density at radius 3 is 2.66 bits per heavy atom. The average molecular weight is 440 g/mol. The first-order valence-electron chi connectivity index (χ1n) is 8.98. The van der Waals surface area contributed by atoms with Crippen molar-refractivity contribution in [2.45, 2.75) is 30.7 Å². The van der Waals surface area contributed by atoms with Crippen molar-refractivity contribution in [1.29, 1.82) is 0 Å². The Bertz CT molecular complexity index is 1060. The molecule has 1 aliphatic heterocycles. The summed E-state index contributed by atoms with van der Waals surface area (Å²) in [6.45, 7) is 2.09. The summed E-state index contributed by atoms with van der Waals surface area (Å²) in [4.78, 5) is 24.5. The molecule has 1 aromatic carbocycles. The number of hydrogen-bond donors (Lipinski definition) is 1. The van der Waals surface area contributed by atoms with Crippen molar-refractivity contribution in [2.75, 3.05) is 19.0 Å². The summed E-state index contributed by atoms with van der Waals surface area (Å²) in [6, 6.07) is 5.61. The molecule has 1 amide bonds. The van der Waals surface area contributed by atoms with Crippen LogP contribution in [0.4, 0.5) is 5.69 Å². The van der Waals surface area contributed by atoms with Gasteiger partial charge in [-0.15, -0.1) is 0 Å². The van der Waals surface area contributed by atoms with Gasteiger partial charge in [-0.25, -0.2) is 13.2 Å². The Morgan fingerprint density at radius 1 is 1.28 bits per heavy atom. The monoisotopic (exact) mass is 439 g/mol. The number of rotatable bonds is 5. The number of amides is 1. The molecule has 2 heterocycles. The number of ether oxygens (including phenoxy) is 1.